The van der Waals surface area contributed by atoms with Crippen LogP contribution in [0.3, 0.4) is 0 Å². The summed E-state index contributed by atoms with van der Waals surface area (Å²) in [5.41, 5.74) is 6.10. The van der Waals surface area contributed by atoms with E-state index in [1.54, 1.807) is 0 Å². The van der Waals surface area contributed by atoms with E-state index in [0.717, 1.165) is 18.5 Å². The summed E-state index contributed by atoms with van der Waals surface area (Å²) in [5, 5.41) is 0. The molecule has 3 rings (SSSR count). The average Bonchev–Trinajstić information content (AvgIpc) is 3.12. The van der Waals surface area contributed by atoms with Gasteiger partial charge in [-0.05, 0) is 51.1 Å². The molecule has 0 aromatic carbocycles. The van der Waals surface area contributed by atoms with Gasteiger partial charge in [0.05, 0.1) is 0 Å². The lowest BCUT2D eigenvalue weighted by atomic mass is 9.97. The molecule has 110 valence electrons. The van der Waals surface area contributed by atoms with Crippen LogP contribution >= 0.6 is 0 Å². The van der Waals surface area contributed by atoms with Gasteiger partial charge in [-0.25, -0.2) is 0 Å². The lowest BCUT2D eigenvalue weighted by Gasteiger charge is -2.35. The third kappa shape index (κ3) is 3.14. The van der Waals surface area contributed by atoms with Gasteiger partial charge >= 0.3 is 0 Å². The van der Waals surface area contributed by atoms with Gasteiger partial charge in [-0.1, -0.05) is 19.3 Å². The molecule has 2 heterocycles. The van der Waals surface area contributed by atoms with E-state index in [4.69, 9.17) is 5.73 Å². The van der Waals surface area contributed by atoms with Crippen LogP contribution in [-0.4, -0.2) is 54.6 Å². The largest absolute Gasteiger partial charge is 0.329 e. The maximum absolute atomic E-state index is 6.10. The Hall–Kier alpha value is -0.120. The third-order valence-corrected chi connectivity index (χ3v) is 5.76. The van der Waals surface area contributed by atoms with Crippen LogP contribution in [0.1, 0.15) is 51.4 Å². The van der Waals surface area contributed by atoms with E-state index in [9.17, 15) is 0 Å². The van der Waals surface area contributed by atoms with Crippen LogP contribution in [0, 0.1) is 5.92 Å². The summed E-state index contributed by atoms with van der Waals surface area (Å²) in [6.07, 6.45) is 11.4. The zero-order chi connectivity index (χ0) is 13.1. The zero-order valence-corrected chi connectivity index (χ0v) is 12.4. The molecule has 3 aliphatic rings. The van der Waals surface area contributed by atoms with Gasteiger partial charge in [-0.2, -0.15) is 0 Å². The van der Waals surface area contributed by atoms with E-state index >= 15 is 0 Å². The summed E-state index contributed by atoms with van der Waals surface area (Å²) in [6, 6.07) is 1.51. The van der Waals surface area contributed by atoms with Crippen LogP contribution in [0.4, 0.5) is 0 Å². The number of hydrogen-bond donors (Lipinski definition) is 1. The fraction of sp³-hybridized carbons (Fsp3) is 1.00. The second-order valence-electron chi connectivity index (χ2n) is 6.88. The van der Waals surface area contributed by atoms with Gasteiger partial charge in [0, 0.05) is 31.7 Å². The van der Waals surface area contributed by atoms with Crippen LogP contribution in [0.25, 0.3) is 0 Å². The molecule has 0 aromatic heterocycles. The highest BCUT2D eigenvalue weighted by Gasteiger charge is 2.35. The first-order valence-corrected chi connectivity index (χ1v) is 8.56. The van der Waals surface area contributed by atoms with E-state index in [0.29, 0.717) is 6.04 Å². The van der Waals surface area contributed by atoms with Gasteiger partial charge in [0.1, 0.15) is 0 Å². The van der Waals surface area contributed by atoms with Gasteiger partial charge in [-0.15, -0.1) is 0 Å². The normalized spacial score (nSPS) is 33.0. The van der Waals surface area contributed by atoms with Crippen molar-refractivity contribution in [1.29, 1.82) is 0 Å². The number of piperidine rings is 1. The SMILES string of the molecule is NCC(C1CCCC1)N1CCC(N2CCCCC2)C1. The van der Waals surface area contributed by atoms with Gasteiger partial charge in [0.15, 0.2) is 0 Å². The minimum absolute atomic E-state index is 0.678. The van der Waals surface area contributed by atoms with Crippen molar-refractivity contribution >= 4 is 0 Å². The van der Waals surface area contributed by atoms with Crippen LogP contribution in [0.5, 0.6) is 0 Å². The van der Waals surface area contributed by atoms with E-state index < -0.39 is 0 Å². The predicted molar refractivity (Wildman–Crippen MR) is 80.2 cm³/mol. The molecule has 3 heteroatoms. The summed E-state index contributed by atoms with van der Waals surface area (Å²) in [5.74, 6) is 0.894. The van der Waals surface area contributed by atoms with Crippen LogP contribution in [0.2, 0.25) is 0 Å². The summed E-state index contributed by atoms with van der Waals surface area (Å²) in [7, 11) is 0. The first-order valence-electron chi connectivity index (χ1n) is 8.56. The number of nitrogens with zero attached hydrogens (tertiary/aromatic N) is 2. The number of rotatable bonds is 4. The highest BCUT2D eigenvalue weighted by atomic mass is 15.3. The Balaban J connectivity index is 1.54. The molecule has 3 nitrogen and oxygen atoms in total. The highest BCUT2D eigenvalue weighted by Crippen LogP contribution is 2.32. The van der Waals surface area contributed by atoms with Crippen LogP contribution in [-0.2, 0) is 0 Å². The maximum atomic E-state index is 6.10. The smallest absolute Gasteiger partial charge is 0.0247 e. The third-order valence-electron chi connectivity index (χ3n) is 5.76. The van der Waals surface area contributed by atoms with Gasteiger partial charge in [-0.3, -0.25) is 9.80 Å². The number of likely N-dealkylation sites (tertiary alicyclic amines) is 2. The summed E-state index contributed by atoms with van der Waals surface area (Å²) < 4.78 is 0. The van der Waals surface area contributed by atoms with Crippen LogP contribution < -0.4 is 5.73 Å². The average molecular weight is 265 g/mol. The second-order valence-corrected chi connectivity index (χ2v) is 6.88. The Labute approximate surface area is 118 Å². The van der Waals surface area contributed by atoms with E-state index in [-0.39, 0.29) is 0 Å². The monoisotopic (exact) mass is 265 g/mol. The standard InChI is InChI=1S/C16H31N3/c17-12-16(14-6-2-3-7-14)19-11-8-15(13-19)18-9-4-1-5-10-18/h14-16H,1-13,17H2. The van der Waals surface area contributed by atoms with Gasteiger partial charge < -0.3 is 5.73 Å². The number of nitrogens with two attached hydrogens (primary N) is 1. The lowest BCUT2D eigenvalue weighted by molar-refractivity contribution is 0.136. The molecule has 0 aromatic rings. The molecule has 2 unspecified atom stereocenters. The first-order chi connectivity index (χ1) is 9.38. The molecule has 2 aliphatic heterocycles. The minimum atomic E-state index is 0.678. The highest BCUT2D eigenvalue weighted by molar-refractivity contribution is 4.91. The second kappa shape index (κ2) is 6.55. The van der Waals surface area contributed by atoms with E-state index in [1.165, 1.54) is 77.5 Å². The summed E-state index contributed by atoms with van der Waals surface area (Å²) >= 11 is 0. The van der Waals surface area contributed by atoms with Gasteiger partial charge in [0.25, 0.3) is 0 Å². The fourth-order valence-corrected chi connectivity index (χ4v) is 4.63. The van der Waals surface area contributed by atoms with Crippen molar-refractivity contribution < 1.29 is 0 Å². The molecule has 3 fully saturated rings. The molecule has 0 amide bonds. The molecule has 0 spiro atoms. The van der Waals surface area contributed by atoms with Crippen LogP contribution in [0.15, 0.2) is 0 Å². The summed E-state index contributed by atoms with van der Waals surface area (Å²) in [6.45, 7) is 6.14. The molecule has 1 saturated carbocycles. The van der Waals surface area contributed by atoms with E-state index in [1.807, 2.05) is 0 Å². The van der Waals surface area contributed by atoms with Crippen molar-refractivity contribution in [2.45, 2.75) is 63.5 Å². The van der Waals surface area contributed by atoms with Crippen molar-refractivity contribution in [2.24, 2.45) is 11.7 Å². The molecule has 2 saturated heterocycles. The Morgan fingerprint density at radius 3 is 2.32 bits per heavy atom. The quantitative estimate of drug-likeness (QED) is 0.844. The first kappa shape index (κ1) is 13.8. The Kier molecular flexibility index (Phi) is 4.78. The van der Waals surface area contributed by atoms with Gasteiger partial charge in [0.2, 0.25) is 0 Å². The van der Waals surface area contributed by atoms with Crippen molar-refractivity contribution in [1.82, 2.24) is 9.80 Å². The maximum Gasteiger partial charge on any atom is 0.0247 e. The predicted octanol–water partition coefficient (Wildman–Crippen LogP) is 2.06. The van der Waals surface area contributed by atoms with E-state index in [2.05, 4.69) is 9.80 Å². The van der Waals surface area contributed by atoms with Crippen molar-refractivity contribution in [2.75, 3.05) is 32.7 Å². The lowest BCUT2D eigenvalue weighted by Crippen LogP contribution is -2.46. The Bertz CT molecular complexity index is 269. The molecular weight excluding hydrogens is 234 g/mol. The summed E-state index contributed by atoms with van der Waals surface area (Å²) in [4.78, 5) is 5.49. The fourth-order valence-electron chi connectivity index (χ4n) is 4.63. The minimum Gasteiger partial charge on any atom is -0.329 e. The topological polar surface area (TPSA) is 32.5 Å². The Morgan fingerprint density at radius 2 is 1.63 bits per heavy atom. The molecule has 0 bridgehead atoms. The number of hydrogen-bond acceptors (Lipinski definition) is 3. The molecule has 2 atom stereocenters. The molecule has 1 aliphatic carbocycles. The van der Waals surface area contributed by atoms with Crippen molar-refractivity contribution in [3.8, 4) is 0 Å². The van der Waals surface area contributed by atoms with Crippen molar-refractivity contribution in [3.05, 3.63) is 0 Å². The molecule has 19 heavy (non-hydrogen) atoms. The Morgan fingerprint density at radius 1 is 0.895 bits per heavy atom. The molecule has 0 radical (unpaired) electrons. The molecule has 2 N–H and O–H groups in total. The van der Waals surface area contributed by atoms with Crippen molar-refractivity contribution in [3.63, 3.8) is 0 Å². The molecular formula is C16H31N3. The zero-order valence-electron chi connectivity index (χ0n) is 12.4.